The van der Waals surface area contributed by atoms with E-state index in [0.29, 0.717) is 0 Å². The molecular formula is C9H13NOS. The Morgan fingerprint density at radius 3 is 3.17 bits per heavy atom. The van der Waals surface area contributed by atoms with Crippen LogP contribution in [0, 0.1) is 0 Å². The lowest BCUT2D eigenvalue weighted by atomic mass is 10.3. The molecule has 0 fully saturated rings. The number of thioether (sulfide) groups is 1. The van der Waals surface area contributed by atoms with Crippen LogP contribution in [0.2, 0.25) is 0 Å². The summed E-state index contributed by atoms with van der Waals surface area (Å²) in [5.74, 6) is 2.15. The number of amides is 1. The van der Waals surface area contributed by atoms with Crippen LogP contribution in [0.25, 0.3) is 0 Å². The Labute approximate surface area is 77.3 Å². The maximum Gasteiger partial charge on any atom is 0.245 e. The van der Waals surface area contributed by atoms with E-state index >= 15 is 0 Å². The molecule has 0 saturated carbocycles. The van der Waals surface area contributed by atoms with Gasteiger partial charge in [-0.05, 0) is 11.6 Å². The molecule has 1 amide bonds. The summed E-state index contributed by atoms with van der Waals surface area (Å²) in [5.41, 5.74) is 1.35. The Bertz CT molecular complexity index is 223. The van der Waals surface area contributed by atoms with Gasteiger partial charge in [-0.25, -0.2) is 0 Å². The summed E-state index contributed by atoms with van der Waals surface area (Å²) in [6, 6.07) is 0. The average Bonchev–Trinajstić information content (AvgIpc) is 2.55. The Balaban J connectivity index is 2.39. The highest BCUT2D eigenvalue weighted by Crippen LogP contribution is 2.17. The van der Waals surface area contributed by atoms with E-state index in [9.17, 15) is 4.79 Å². The van der Waals surface area contributed by atoms with Crippen molar-refractivity contribution in [1.29, 1.82) is 0 Å². The first-order valence-electron chi connectivity index (χ1n) is 3.87. The molecule has 0 aromatic carbocycles. The summed E-state index contributed by atoms with van der Waals surface area (Å²) in [5, 5.41) is 0. The van der Waals surface area contributed by atoms with Crippen LogP contribution in [-0.4, -0.2) is 35.9 Å². The first-order chi connectivity index (χ1) is 5.74. The molecule has 0 radical (unpaired) electrons. The molecule has 0 saturated heterocycles. The molecule has 1 rings (SSSR count). The highest BCUT2D eigenvalue weighted by molar-refractivity contribution is 7.99. The molecule has 0 atom stereocenters. The zero-order valence-electron chi connectivity index (χ0n) is 7.25. The Morgan fingerprint density at radius 2 is 2.67 bits per heavy atom. The van der Waals surface area contributed by atoms with Crippen LogP contribution in [0.3, 0.4) is 0 Å². The molecule has 0 aromatic heterocycles. The largest absolute Gasteiger partial charge is 0.338 e. The van der Waals surface area contributed by atoms with Gasteiger partial charge < -0.3 is 4.90 Å². The summed E-state index contributed by atoms with van der Waals surface area (Å²) >= 11 is 1.89. The SMILES string of the molecule is C=CC(=O)N(C)CC1=CCSC1. The minimum atomic E-state index is -0.00667. The van der Waals surface area contributed by atoms with Crippen molar-refractivity contribution in [1.82, 2.24) is 4.90 Å². The highest BCUT2D eigenvalue weighted by atomic mass is 32.2. The van der Waals surface area contributed by atoms with E-state index in [4.69, 9.17) is 0 Å². The predicted molar refractivity (Wildman–Crippen MR) is 53.2 cm³/mol. The minimum absolute atomic E-state index is 0.00667. The van der Waals surface area contributed by atoms with Gasteiger partial charge in [0.15, 0.2) is 0 Å². The van der Waals surface area contributed by atoms with Crippen LogP contribution in [0.4, 0.5) is 0 Å². The van der Waals surface area contributed by atoms with Crippen LogP contribution in [0.1, 0.15) is 0 Å². The predicted octanol–water partition coefficient (Wildman–Crippen LogP) is 1.30. The Kier molecular flexibility index (Phi) is 3.41. The van der Waals surface area contributed by atoms with Crippen LogP contribution in [-0.2, 0) is 4.79 Å². The van der Waals surface area contributed by atoms with Gasteiger partial charge in [-0.1, -0.05) is 12.7 Å². The smallest absolute Gasteiger partial charge is 0.245 e. The third-order valence-electron chi connectivity index (χ3n) is 1.77. The summed E-state index contributed by atoms with van der Waals surface area (Å²) in [4.78, 5) is 12.8. The highest BCUT2D eigenvalue weighted by Gasteiger charge is 2.09. The number of carbonyl (C=O) groups excluding carboxylic acids is 1. The second-order valence-corrected chi connectivity index (χ2v) is 3.81. The second-order valence-electron chi connectivity index (χ2n) is 2.78. The fourth-order valence-electron chi connectivity index (χ4n) is 1.07. The average molecular weight is 183 g/mol. The number of nitrogens with zero attached hydrogens (tertiary/aromatic N) is 1. The molecule has 0 N–H and O–H groups in total. The molecule has 1 aliphatic rings. The molecule has 0 unspecified atom stereocenters. The zero-order valence-corrected chi connectivity index (χ0v) is 8.06. The van der Waals surface area contributed by atoms with Gasteiger partial charge >= 0.3 is 0 Å². The molecule has 0 spiro atoms. The van der Waals surface area contributed by atoms with Gasteiger partial charge in [0.05, 0.1) is 0 Å². The summed E-state index contributed by atoms with van der Waals surface area (Å²) in [6.45, 7) is 4.19. The van der Waals surface area contributed by atoms with Crippen LogP contribution < -0.4 is 0 Å². The van der Waals surface area contributed by atoms with E-state index in [1.807, 2.05) is 11.8 Å². The van der Waals surface area contributed by atoms with Gasteiger partial charge in [0.2, 0.25) is 5.91 Å². The lowest BCUT2D eigenvalue weighted by Gasteiger charge is -2.14. The first kappa shape index (κ1) is 9.39. The fraction of sp³-hybridized carbons (Fsp3) is 0.444. The third-order valence-corrected chi connectivity index (χ3v) is 2.75. The van der Waals surface area contributed by atoms with Crippen molar-refractivity contribution in [3.8, 4) is 0 Å². The third kappa shape index (κ3) is 2.41. The van der Waals surface area contributed by atoms with E-state index in [1.165, 1.54) is 11.6 Å². The van der Waals surface area contributed by atoms with E-state index in [1.54, 1.807) is 11.9 Å². The maximum atomic E-state index is 11.1. The zero-order chi connectivity index (χ0) is 8.97. The van der Waals surface area contributed by atoms with E-state index in [2.05, 4.69) is 12.7 Å². The molecule has 66 valence electrons. The van der Waals surface area contributed by atoms with Crippen LogP contribution in [0.5, 0.6) is 0 Å². The minimum Gasteiger partial charge on any atom is -0.338 e. The molecule has 1 heterocycles. The Hall–Kier alpha value is -0.700. The van der Waals surface area contributed by atoms with E-state index < -0.39 is 0 Å². The van der Waals surface area contributed by atoms with Gasteiger partial charge in [-0.15, -0.1) is 0 Å². The summed E-state index contributed by atoms with van der Waals surface area (Å²) in [6.07, 6.45) is 3.54. The number of carbonyl (C=O) groups is 1. The van der Waals surface area contributed by atoms with Crippen molar-refractivity contribution in [3.63, 3.8) is 0 Å². The molecule has 2 nitrogen and oxygen atoms in total. The van der Waals surface area contributed by atoms with Crippen molar-refractivity contribution >= 4 is 17.7 Å². The first-order valence-corrected chi connectivity index (χ1v) is 5.02. The summed E-state index contributed by atoms with van der Waals surface area (Å²) < 4.78 is 0. The van der Waals surface area contributed by atoms with Gasteiger partial charge in [0.1, 0.15) is 0 Å². The second kappa shape index (κ2) is 4.36. The molecule has 0 bridgehead atoms. The van der Waals surface area contributed by atoms with Gasteiger partial charge in [-0.2, -0.15) is 11.8 Å². The van der Waals surface area contributed by atoms with Crippen molar-refractivity contribution in [2.24, 2.45) is 0 Å². The van der Waals surface area contributed by atoms with Crippen molar-refractivity contribution in [2.75, 3.05) is 25.1 Å². The lowest BCUT2D eigenvalue weighted by molar-refractivity contribution is -0.124. The normalized spacial score (nSPS) is 15.6. The monoisotopic (exact) mass is 183 g/mol. The molecular weight excluding hydrogens is 170 g/mol. The van der Waals surface area contributed by atoms with Gasteiger partial charge in [0.25, 0.3) is 0 Å². The standard InChI is InChI=1S/C9H13NOS/c1-3-9(11)10(2)6-8-4-5-12-7-8/h3-4H,1,5-7H2,2H3. The molecule has 0 aliphatic carbocycles. The molecule has 1 aliphatic heterocycles. The summed E-state index contributed by atoms with van der Waals surface area (Å²) in [7, 11) is 1.80. The van der Waals surface area contributed by atoms with Crippen LogP contribution in [0.15, 0.2) is 24.3 Å². The number of likely N-dealkylation sites (N-methyl/N-ethyl adjacent to an activating group) is 1. The van der Waals surface area contributed by atoms with E-state index in [0.717, 1.165) is 18.1 Å². The molecule has 0 aromatic rings. The molecule has 12 heavy (non-hydrogen) atoms. The van der Waals surface area contributed by atoms with E-state index in [-0.39, 0.29) is 5.91 Å². The number of hydrogen-bond donors (Lipinski definition) is 0. The fourth-order valence-corrected chi connectivity index (χ4v) is 2.02. The number of hydrogen-bond acceptors (Lipinski definition) is 2. The van der Waals surface area contributed by atoms with Crippen molar-refractivity contribution in [3.05, 3.63) is 24.3 Å². The quantitative estimate of drug-likeness (QED) is 0.485. The Morgan fingerprint density at radius 1 is 1.92 bits per heavy atom. The van der Waals surface area contributed by atoms with Gasteiger partial charge in [0, 0.05) is 25.1 Å². The van der Waals surface area contributed by atoms with Crippen molar-refractivity contribution in [2.45, 2.75) is 0 Å². The van der Waals surface area contributed by atoms with Crippen LogP contribution >= 0.6 is 11.8 Å². The topological polar surface area (TPSA) is 20.3 Å². The number of rotatable bonds is 3. The maximum absolute atomic E-state index is 11.1. The van der Waals surface area contributed by atoms with Gasteiger partial charge in [-0.3, -0.25) is 4.79 Å². The lowest BCUT2D eigenvalue weighted by Crippen LogP contribution is -2.26. The van der Waals surface area contributed by atoms with Crippen molar-refractivity contribution < 1.29 is 4.79 Å². The molecule has 3 heteroatoms.